The van der Waals surface area contributed by atoms with Crippen LogP contribution in [0.15, 0.2) is 17.0 Å². The molecule has 0 atom stereocenters. The quantitative estimate of drug-likeness (QED) is 0.906. The van der Waals surface area contributed by atoms with Crippen molar-refractivity contribution in [1.29, 1.82) is 0 Å². The lowest BCUT2D eigenvalue weighted by Crippen LogP contribution is -2.26. The summed E-state index contributed by atoms with van der Waals surface area (Å²) in [6, 6.07) is 0. The van der Waals surface area contributed by atoms with E-state index in [4.69, 9.17) is 4.42 Å². The largest absolute Gasteiger partial charge is 0.448 e. The number of hydrogen-bond donors (Lipinski definition) is 2. The van der Waals surface area contributed by atoms with Crippen LogP contribution in [0.25, 0.3) is 0 Å². The monoisotopic (exact) mass is 292 g/mol. The first-order valence-electron chi connectivity index (χ1n) is 6.62. The van der Waals surface area contributed by atoms with Crippen molar-refractivity contribution in [1.82, 2.24) is 15.3 Å². The Kier molecular flexibility index (Phi) is 3.79. The Balaban J connectivity index is 1.68. The predicted molar refractivity (Wildman–Crippen MR) is 76.2 cm³/mol. The Morgan fingerprint density at radius 1 is 1.45 bits per heavy atom. The number of thiazole rings is 1. The average Bonchev–Trinajstić information content (AvgIpc) is 3.09. The second-order valence-corrected chi connectivity index (χ2v) is 5.87. The first kappa shape index (κ1) is 13.3. The standard InChI is InChI=1S/C13H16N4O2S/c1-8-11(16-7-19-8)12(18)17-13-15-6-10(20-13)9-2-4-14-5-3-9/h6-7,9,14H,2-5H2,1H3,(H,15,17,18). The molecule has 1 aliphatic heterocycles. The van der Waals surface area contributed by atoms with Gasteiger partial charge >= 0.3 is 0 Å². The van der Waals surface area contributed by atoms with E-state index in [1.165, 1.54) is 11.3 Å². The number of nitrogens with one attached hydrogen (secondary N) is 2. The average molecular weight is 292 g/mol. The van der Waals surface area contributed by atoms with E-state index in [2.05, 4.69) is 20.6 Å². The third-order valence-electron chi connectivity index (χ3n) is 3.45. The van der Waals surface area contributed by atoms with E-state index in [-0.39, 0.29) is 5.91 Å². The summed E-state index contributed by atoms with van der Waals surface area (Å²) in [6.45, 7) is 3.80. The number of aromatic nitrogens is 2. The number of carbonyl (C=O) groups excluding carboxylic acids is 1. The highest BCUT2D eigenvalue weighted by Gasteiger charge is 2.19. The molecule has 0 bridgehead atoms. The Bertz CT molecular complexity index is 601. The molecule has 2 aromatic rings. The van der Waals surface area contributed by atoms with Gasteiger partial charge in [-0.05, 0) is 38.8 Å². The van der Waals surface area contributed by atoms with Crippen LogP contribution in [-0.4, -0.2) is 29.0 Å². The molecule has 1 saturated heterocycles. The maximum absolute atomic E-state index is 12.0. The third-order valence-corrected chi connectivity index (χ3v) is 4.52. The van der Waals surface area contributed by atoms with E-state index in [0.29, 0.717) is 22.5 Å². The van der Waals surface area contributed by atoms with Gasteiger partial charge in [-0.2, -0.15) is 0 Å². The van der Waals surface area contributed by atoms with Gasteiger partial charge in [0.2, 0.25) is 0 Å². The van der Waals surface area contributed by atoms with Gasteiger partial charge in [0.05, 0.1) is 0 Å². The second kappa shape index (κ2) is 5.72. The summed E-state index contributed by atoms with van der Waals surface area (Å²) >= 11 is 1.54. The minimum absolute atomic E-state index is 0.275. The molecule has 3 rings (SSSR count). The van der Waals surface area contributed by atoms with E-state index < -0.39 is 0 Å². The van der Waals surface area contributed by atoms with Crippen LogP contribution >= 0.6 is 11.3 Å². The molecule has 0 aliphatic carbocycles. The van der Waals surface area contributed by atoms with Crippen LogP contribution < -0.4 is 10.6 Å². The summed E-state index contributed by atoms with van der Waals surface area (Å²) in [5.74, 6) is 0.785. The van der Waals surface area contributed by atoms with Crippen molar-refractivity contribution in [3.05, 3.63) is 28.9 Å². The fourth-order valence-electron chi connectivity index (χ4n) is 2.32. The van der Waals surface area contributed by atoms with Crippen molar-refractivity contribution in [3.8, 4) is 0 Å². The molecule has 106 valence electrons. The number of hydrogen-bond acceptors (Lipinski definition) is 6. The summed E-state index contributed by atoms with van der Waals surface area (Å²) in [6.07, 6.45) is 5.38. The van der Waals surface area contributed by atoms with Crippen LogP contribution in [0.4, 0.5) is 5.13 Å². The maximum atomic E-state index is 12.0. The van der Waals surface area contributed by atoms with E-state index >= 15 is 0 Å². The van der Waals surface area contributed by atoms with E-state index in [9.17, 15) is 4.79 Å². The lowest BCUT2D eigenvalue weighted by atomic mass is 9.97. The minimum atomic E-state index is -0.275. The smallest absolute Gasteiger partial charge is 0.279 e. The Hall–Kier alpha value is -1.73. The van der Waals surface area contributed by atoms with Gasteiger partial charge in [-0.25, -0.2) is 9.97 Å². The summed E-state index contributed by atoms with van der Waals surface area (Å²) in [4.78, 5) is 21.4. The van der Waals surface area contributed by atoms with Crippen LogP contribution in [0.3, 0.4) is 0 Å². The molecule has 6 nitrogen and oxygen atoms in total. The molecule has 0 spiro atoms. The lowest BCUT2D eigenvalue weighted by Gasteiger charge is -2.20. The Morgan fingerprint density at radius 3 is 2.95 bits per heavy atom. The van der Waals surface area contributed by atoms with Crippen LogP contribution in [0.2, 0.25) is 0 Å². The zero-order valence-electron chi connectivity index (χ0n) is 11.2. The van der Waals surface area contributed by atoms with Crippen LogP contribution in [0, 0.1) is 6.92 Å². The molecule has 1 fully saturated rings. The molecule has 3 heterocycles. The summed E-state index contributed by atoms with van der Waals surface area (Å²) in [5.41, 5.74) is 0.309. The first-order valence-corrected chi connectivity index (χ1v) is 7.43. The Labute approximate surface area is 120 Å². The van der Waals surface area contributed by atoms with Crippen molar-refractivity contribution in [2.75, 3.05) is 18.4 Å². The number of oxazole rings is 1. The van der Waals surface area contributed by atoms with Gasteiger partial charge in [0.25, 0.3) is 5.91 Å². The van der Waals surface area contributed by atoms with Gasteiger partial charge in [0.15, 0.2) is 17.2 Å². The number of piperidine rings is 1. The van der Waals surface area contributed by atoms with E-state index in [1.54, 1.807) is 18.3 Å². The van der Waals surface area contributed by atoms with Gasteiger partial charge < -0.3 is 9.73 Å². The molecule has 0 saturated carbocycles. The highest BCUT2D eigenvalue weighted by atomic mass is 32.1. The number of nitrogens with zero attached hydrogens (tertiary/aromatic N) is 2. The van der Waals surface area contributed by atoms with Crippen molar-refractivity contribution < 1.29 is 9.21 Å². The predicted octanol–water partition coefficient (Wildman–Crippen LogP) is 2.16. The van der Waals surface area contributed by atoms with Gasteiger partial charge in [-0.3, -0.25) is 10.1 Å². The van der Waals surface area contributed by atoms with Gasteiger partial charge in [0.1, 0.15) is 5.76 Å². The van der Waals surface area contributed by atoms with Gasteiger partial charge in [-0.1, -0.05) is 0 Å². The van der Waals surface area contributed by atoms with E-state index in [0.717, 1.165) is 25.9 Å². The summed E-state index contributed by atoms with van der Waals surface area (Å²) < 4.78 is 5.03. The number of amides is 1. The number of aryl methyl sites for hydroxylation is 1. The SMILES string of the molecule is Cc1ocnc1C(=O)Nc1ncc(C2CCNCC2)s1. The van der Waals surface area contributed by atoms with Gasteiger partial charge in [-0.15, -0.1) is 11.3 Å². The first-order chi connectivity index (χ1) is 9.74. The van der Waals surface area contributed by atoms with Crippen molar-refractivity contribution in [2.45, 2.75) is 25.7 Å². The zero-order valence-corrected chi connectivity index (χ0v) is 12.0. The Morgan fingerprint density at radius 2 is 2.25 bits per heavy atom. The lowest BCUT2D eigenvalue weighted by molar-refractivity contribution is 0.102. The molecule has 2 aromatic heterocycles. The molecule has 1 amide bonds. The van der Waals surface area contributed by atoms with Crippen LogP contribution in [0.5, 0.6) is 0 Å². The molecule has 0 aromatic carbocycles. The highest BCUT2D eigenvalue weighted by molar-refractivity contribution is 7.15. The molecule has 1 aliphatic rings. The number of anilines is 1. The fourth-order valence-corrected chi connectivity index (χ4v) is 3.30. The molecule has 0 unspecified atom stereocenters. The normalized spacial score (nSPS) is 16.2. The number of carbonyl (C=O) groups is 1. The van der Waals surface area contributed by atoms with Gasteiger partial charge in [0, 0.05) is 11.1 Å². The molecule has 2 N–H and O–H groups in total. The topological polar surface area (TPSA) is 80.1 Å². The molecule has 7 heteroatoms. The second-order valence-electron chi connectivity index (χ2n) is 4.80. The van der Waals surface area contributed by atoms with Crippen LogP contribution in [-0.2, 0) is 0 Å². The van der Waals surface area contributed by atoms with Crippen LogP contribution in [0.1, 0.15) is 39.9 Å². The zero-order chi connectivity index (χ0) is 13.9. The molecular formula is C13H16N4O2S. The van der Waals surface area contributed by atoms with Crippen molar-refractivity contribution in [3.63, 3.8) is 0 Å². The maximum Gasteiger partial charge on any atom is 0.279 e. The van der Waals surface area contributed by atoms with Crippen molar-refractivity contribution in [2.24, 2.45) is 0 Å². The highest BCUT2D eigenvalue weighted by Crippen LogP contribution is 2.31. The number of rotatable bonds is 3. The third kappa shape index (κ3) is 2.73. The minimum Gasteiger partial charge on any atom is -0.448 e. The summed E-state index contributed by atoms with van der Waals surface area (Å²) in [7, 11) is 0. The molecule has 20 heavy (non-hydrogen) atoms. The molecular weight excluding hydrogens is 276 g/mol. The fraction of sp³-hybridized carbons (Fsp3) is 0.462. The summed E-state index contributed by atoms with van der Waals surface area (Å²) in [5, 5.41) is 6.74. The molecule has 0 radical (unpaired) electrons. The van der Waals surface area contributed by atoms with E-state index in [1.807, 2.05) is 6.20 Å². The van der Waals surface area contributed by atoms with Crippen molar-refractivity contribution >= 4 is 22.4 Å².